The standard InChI is InChI=1S/C6H14N4O2.C6H9N3O2.C4H7NO4/c7-4(5(11)12)2-1-3-10-6(8)9;7-5(6(10)11)1-4-2-8-3-9-4;5-2(4(8)9)1-3(6)7/h4H,1-3,7H2,(H,11,12)(H4,8,9,10);2-3,5H,1,7H2,(H,8,9)(H,10,11);2H,1,5H2,(H,6,7)(H,8,9)/t4-;5-;2-/m000/s1. The van der Waals surface area contributed by atoms with Crippen molar-refractivity contribution in [1.29, 1.82) is 5.41 Å². The van der Waals surface area contributed by atoms with Crippen molar-refractivity contribution in [3.63, 3.8) is 0 Å². The Balaban J connectivity index is 0. The van der Waals surface area contributed by atoms with E-state index in [-0.39, 0.29) is 12.4 Å². The summed E-state index contributed by atoms with van der Waals surface area (Å²) in [4.78, 5) is 46.6. The first-order valence-electron chi connectivity index (χ1n) is 9.00. The second-order valence-corrected chi connectivity index (χ2v) is 6.18. The minimum Gasteiger partial charge on any atom is -0.481 e. The first kappa shape index (κ1) is 30.4. The van der Waals surface area contributed by atoms with Gasteiger partial charge in [-0.05, 0) is 12.8 Å². The highest BCUT2D eigenvalue weighted by molar-refractivity contribution is 5.80. The molecule has 3 atom stereocenters. The van der Waals surface area contributed by atoms with Crippen molar-refractivity contribution in [2.45, 2.75) is 43.8 Å². The third-order valence-electron chi connectivity index (χ3n) is 3.34. The largest absolute Gasteiger partial charge is 0.481 e. The summed E-state index contributed by atoms with van der Waals surface area (Å²) in [5.74, 6) is -4.62. The van der Waals surface area contributed by atoms with E-state index in [9.17, 15) is 19.2 Å². The predicted octanol–water partition coefficient (Wildman–Crippen LogP) is -3.10. The maximum absolute atomic E-state index is 10.3. The molecule has 0 aliphatic heterocycles. The minimum atomic E-state index is -1.29. The van der Waals surface area contributed by atoms with Crippen LogP contribution < -0.4 is 28.3 Å². The van der Waals surface area contributed by atoms with E-state index < -0.39 is 48.4 Å². The molecule has 0 saturated carbocycles. The Hall–Kier alpha value is -3.76. The van der Waals surface area contributed by atoms with Gasteiger partial charge in [0, 0.05) is 19.2 Å². The van der Waals surface area contributed by atoms with E-state index in [1.165, 1.54) is 6.33 Å². The number of carboxylic acid groups (broad SMARTS) is 4. The Kier molecular flexibility index (Phi) is 16.1. The molecule has 0 bridgehead atoms. The maximum atomic E-state index is 10.3. The molecule has 0 aromatic carbocycles. The zero-order valence-corrected chi connectivity index (χ0v) is 17.1. The molecule has 0 unspecified atom stereocenters. The van der Waals surface area contributed by atoms with Crippen molar-refractivity contribution in [3.05, 3.63) is 18.2 Å². The van der Waals surface area contributed by atoms with Gasteiger partial charge in [0.05, 0.1) is 18.4 Å². The smallest absolute Gasteiger partial charge is 0.321 e. The topological polar surface area (TPSA) is 318 Å². The van der Waals surface area contributed by atoms with Crippen LogP contribution in [0.1, 0.15) is 25.0 Å². The van der Waals surface area contributed by atoms with Crippen LogP contribution in [-0.4, -0.2) is 84.9 Å². The Morgan fingerprint density at radius 2 is 1.53 bits per heavy atom. The molecule has 32 heavy (non-hydrogen) atoms. The zero-order chi connectivity index (χ0) is 25.3. The van der Waals surface area contributed by atoms with Crippen LogP contribution in [0.3, 0.4) is 0 Å². The maximum Gasteiger partial charge on any atom is 0.321 e. The highest BCUT2D eigenvalue weighted by Gasteiger charge is 2.14. The summed E-state index contributed by atoms with van der Waals surface area (Å²) in [6.45, 7) is 0.482. The average Bonchev–Trinajstić information content (AvgIpc) is 3.18. The van der Waals surface area contributed by atoms with E-state index in [1.807, 2.05) is 0 Å². The molecule has 0 amide bonds. The van der Waals surface area contributed by atoms with Gasteiger partial charge in [-0.1, -0.05) is 0 Å². The van der Waals surface area contributed by atoms with Crippen molar-refractivity contribution in [2.24, 2.45) is 22.9 Å². The Labute approximate surface area is 182 Å². The monoisotopic (exact) mass is 462 g/mol. The van der Waals surface area contributed by atoms with E-state index >= 15 is 0 Å². The summed E-state index contributed by atoms with van der Waals surface area (Å²) in [6.07, 6.45) is 3.82. The molecule has 0 fully saturated rings. The van der Waals surface area contributed by atoms with Crippen LogP contribution in [-0.2, 0) is 25.6 Å². The van der Waals surface area contributed by atoms with Gasteiger partial charge in [0.25, 0.3) is 0 Å². The van der Waals surface area contributed by atoms with Gasteiger partial charge in [0.2, 0.25) is 0 Å². The fraction of sp³-hybridized carbons (Fsp3) is 0.500. The van der Waals surface area contributed by atoms with Gasteiger partial charge >= 0.3 is 23.9 Å². The normalized spacial score (nSPS) is 12.5. The third-order valence-corrected chi connectivity index (χ3v) is 3.34. The van der Waals surface area contributed by atoms with Gasteiger partial charge < -0.3 is 53.7 Å². The average molecular weight is 462 g/mol. The predicted molar refractivity (Wildman–Crippen MR) is 111 cm³/mol. The number of rotatable bonds is 11. The molecule has 15 N–H and O–H groups in total. The number of nitrogens with zero attached hydrogens (tertiary/aromatic N) is 1. The number of nitrogens with one attached hydrogen (secondary N) is 3. The number of imidazole rings is 1. The van der Waals surface area contributed by atoms with E-state index in [0.717, 1.165) is 0 Å². The van der Waals surface area contributed by atoms with E-state index in [1.54, 1.807) is 6.20 Å². The van der Waals surface area contributed by atoms with Gasteiger partial charge in [-0.25, -0.2) is 4.98 Å². The van der Waals surface area contributed by atoms with Crippen LogP contribution in [0, 0.1) is 5.41 Å². The van der Waals surface area contributed by atoms with Gasteiger partial charge in [-0.3, -0.25) is 24.6 Å². The molecule has 0 aliphatic rings. The lowest BCUT2D eigenvalue weighted by atomic mass is 10.2. The number of hydrogen-bond donors (Lipinski definition) is 11. The molecular formula is C16H30N8O8. The lowest BCUT2D eigenvalue weighted by molar-refractivity contribution is -0.144. The molecule has 0 saturated heterocycles. The van der Waals surface area contributed by atoms with Crippen molar-refractivity contribution >= 4 is 29.8 Å². The van der Waals surface area contributed by atoms with Gasteiger partial charge in [-0.2, -0.15) is 0 Å². The van der Waals surface area contributed by atoms with E-state index in [4.69, 9.17) is 48.8 Å². The molecule has 16 heteroatoms. The van der Waals surface area contributed by atoms with Crippen LogP contribution in [0.2, 0.25) is 0 Å². The number of carbonyl (C=O) groups is 4. The molecule has 0 aliphatic carbocycles. The summed E-state index contributed by atoms with van der Waals surface area (Å²) in [5.41, 5.74) is 21.0. The van der Waals surface area contributed by atoms with Crippen LogP contribution in [0.5, 0.6) is 0 Å². The van der Waals surface area contributed by atoms with E-state index in [2.05, 4.69) is 15.3 Å². The molecule has 182 valence electrons. The Morgan fingerprint density at radius 3 is 1.88 bits per heavy atom. The summed E-state index contributed by atoms with van der Waals surface area (Å²) >= 11 is 0. The molecule has 1 heterocycles. The fourth-order valence-electron chi connectivity index (χ4n) is 1.66. The zero-order valence-electron chi connectivity index (χ0n) is 17.1. The minimum absolute atomic E-state index is 0.112. The lowest BCUT2D eigenvalue weighted by Crippen LogP contribution is -2.34. The molecule has 1 aromatic heterocycles. The quantitative estimate of drug-likeness (QED) is 0.0881. The van der Waals surface area contributed by atoms with Crippen molar-refractivity contribution in [2.75, 3.05) is 6.54 Å². The van der Waals surface area contributed by atoms with Gasteiger partial charge in [-0.15, -0.1) is 0 Å². The number of aromatic amines is 1. The summed E-state index contributed by atoms with van der Waals surface area (Å²) in [7, 11) is 0. The SMILES string of the molecule is N=C(N)NCCC[C@H](N)C(=O)O.N[C@@H](CC(=O)O)C(=O)O.N[C@@H](Cc1c[nH]cn1)C(=O)O. The van der Waals surface area contributed by atoms with Gasteiger partial charge in [0.1, 0.15) is 18.1 Å². The number of hydrogen-bond acceptors (Lipinski definition) is 9. The first-order chi connectivity index (χ1) is 14.8. The summed E-state index contributed by atoms with van der Waals surface area (Å²) in [5, 5.41) is 42.2. The third kappa shape index (κ3) is 18.3. The van der Waals surface area contributed by atoms with Crippen LogP contribution in [0.15, 0.2) is 12.5 Å². The number of guanidine groups is 1. The van der Waals surface area contributed by atoms with Crippen molar-refractivity contribution in [1.82, 2.24) is 15.3 Å². The van der Waals surface area contributed by atoms with E-state index in [0.29, 0.717) is 25.1 Å². The van der Waals surface area contributed by atoms with Gasteiger partial charge in [0.15, 0.2) is 5.96 Å². The summed E-state index contributed by atoms with van der Waals surface area (Å²) < 4.78 is 0. The summed E-state index contributed by atoms with van der Waals surface area (Å²) in [6, 6.07) is -2.97. The number of carboxylic acids is 4. The molecular weight excluding hydrogens is 432 g/mol. The number of aromatic nitrogens is 2. The first-order valence-corrected chi connectivity index (χ1v) is 9.00. The van der Waals surface area contributed by atoms with Crippen molar-refractivity contribution < 1.29 is 39.6 Å². The van der Waals surface area contributed by atoms with Crippen LogP contribution in [0.25, 0.3) is 0 Å². The second-order valence-electron chi connectivity index (χ2n) is 6.18. The fourth-order valence-corrected chi connectivity index (χ4v) is 1.66. The number of H-pyrrole nitrogens is 1. The Morgan fingerprint density at radius 1 is 1.00 bits per heavy atom. The number of nitrogens with two attached hydrogens (primary N) is 4. The second kappa shape index (κ2) is 17.0. The highest BCUT2D eigenvalue weighted by atomic mass is 16.4. The highest BCUT2D eigenvalue weighted by Crippen LogP contribution is 1.95. The molecule has 1 rings (SSSR count). The molecule has 0 spiro atoms. The van der Waals surface area contributed by atoms with Crippen LogP contribution in [0.4, 0.5) is 0 Å². The Bertz CT molecular complexity index is 728. The number of aliphatic carboxylic acids is 4. The molecule has 16 nitrogen and oxygen atoms in total. The lowest BCUT2D eigenvalue weighted by Gasteiger charge is -2.06. The van der Waals surface area contributed by atoms with Crippen molar-refractivity contribution in [3.8, 4) is 0 Å². The molecule has 1 aromatic rings. The molecule has 0 radical (unpaired) electrons. The van der Waals surface area contributed by atoms with Crippen LogP contribution >= 0.6 is 0 Å².